The normalized spacial score (nSPS) is 15.2. The monoisotopic (exact) mass is 716 g/mol. The zero-order chi connectivity index (χ0) is 29.9. The summed E-state index contributed by atoms with van der Waals surface area (Å²) in [6.07, 6.45) is 1.82. The molecule has 0 fully saturated rings. The Morgan fingerprint density at radius 1 is 1.22 bits per heavy atom. The highest BCUT2D eigenvalue weighted by molar-refractivity contribution is 14.1. The van der Waals surface area contributed by atoms with E-state index in [-0.39, 0.29) is 28.1 Å². The molecule has 214 valence electrons. The number of carbonyl (C=O) groups excluding carboxylic acids is 1. The first-order chi connectivity index (χ1) is 19.5. The molecule has 0 radical (unpaired) electrons. The summed E-state index contributed by atoms with van der Waals surface area (Å²) in [6.45, 7) is 3.43. The topological polar surface area (TPSA) is 79.1 Å². The van der Waals surface area contributed by atoms with Gasteiger partial charge in [-0.05, 0) is 77.9 Å². The summed E-state index contributed by atoms with van der Waals surface area (Å²) >= 11 is 8.81. The maximum Gasteiger partial charge on any atom is 0.434 e. The van der Waals surface area contributed by atoms with Gasteiger partial charge in [-0.3, -0.25) is 9.36 Å². The fourth-order valence-electron chi connectivity index (χ4n) is 4.14. The number of carbonyl (C=O) groups is 1. The Kier molecular flexibility index (Phi) is 9.51. The van der Waals surface area contributed by atoms with Gasteiger partial charge in [0.2, 0.25) is 0 Å². The fraction of sp³-hybridized carbons (Fsp3) is 0.250. The second-order valence-electron chi connectivity index (χ2n) is 8.37. The second-order valence-corrected chi connectivity index (χ2v) is 11.0. The number of benzene rings is 2. The van der Waals surface area contributed by atoms with Crippen LogP contribution in [0.3, 0.4) is 0 Å². The van der Waals surface area contributed by atoms with Crippen LogP contribution in [-0.4, -0.2) is 36.5 Å². The largest absolute Gasteiger partial charge is 0.490 e. The highest BCUT2D eigenvalue weighted by Crippen LogP contribution is 2.39. The summed E-state index contributed by atoms with van der Waals surface area (Å²) in [5.41, 5.74) is -2.10. The number of aromatic nitrogens is 1. The molecule has 0 bridgehead atoms. The zero-order valence-corrected chi connectivity index (χ0v) is 25.3. The number of rotatable bonds is 8. The zero-order valence-electron chi connectivity index (χ0n) is 21.6. The molecule has 0 aliphatic carbocycles. The van der Waals surface area contributed by atoms with Gasteiger partial charge in [-0.1, -0.05) is 41.0 Å². The predicted molar refractivity (Wildman–Crippen MR) is 157 cm³/mol. The number of alkyl halides is 3. The van der Waals surface area contributed by atoms with E-state index < -0.39 is 35.0 Å². The molecule has 0 saturated carbocycles. The lowest BCUT2D eigenvalue weighted by Crippen LogP contribution is -2.41. The molecular formula is C28H21ClF3IN2O5S. The van der Waals surface area contributed by atoms with E-state index in [4.69, 9.17) is 32.2 Å². The molecule has 0 unspecified atom stereocenters. The molecule has 4 rings (SSSR count). The van der Waals surface area contributed by atoms with Crippen LogP contribution in [0.1, 0.15) is 31.0 Å². The number of hydrogen-bond acceptors (Lipinski definition) is 7. The van der Waals surface area contributed by atoms with Gasteiger partial charge in [0.25, 0.3) is 5.56 Å². The average molecular weight is 717 g/mol. The fourth-order valence-corrected chi connectivity index (χ4v) is 6.05. The van der Waals surface area contributed by atoms with E-state index in [1.807, 2.05) is 22.6 Å². The molecule has 2 aromatic carbocycles. The molecule has 1 aliphatic rings. The minimum atomic E-state index is -5.00. The second kappa shape index (κ2) is 12.7. The molecule has 2 heterocycles. The maximum absolute atomic E-state index is 14.3. The van der Waals surface area contributed by atoms with Crippen LogP contribution in [-0.2, 0) is 9.53 Å². The number of terminal acetylenes is 1. The van der Waals surface area contributed by atoms with Gasteiger partial charge in [-0.2, -0.15) is 13.2 Å². The quantitative estimate of drug-likeness (QED) is 0.186. The highest BCUT2D eigenvalue weighted by Gasteiger charge is 2.45. The minimum absolute atomic E-state index is 0.0169. The number of thiazole rings is 1. The molecule has 0 N–H and O–H groups in total. The van der Waals surface area contributed by atoms with Crippen molar-refractivity contribution in [1.29, 1.82) is 0 Å². The van der Waals surface area contributed by atoms with Crippen molar-refractivity contribution in [2.75, 3.05) is 19.8 Å². The van der Waals surface area contributed by atoms with Gasteiger partial charge in [-0.15, -0.1) is 6.42 Å². The number of nitrogens with zero attached hydrogens (tertiary/aromatic N) is 2. The molecule has 1 atom stereocenters. The van der Waals surface area contributed by atoms with Crippen molar-refractivity contribution in [3.05, 3.63) is 87.1 Å². The van der Waals surface area contributed by atoms with Crippen LogP contribution < -0.4 is 24.4 Å². The van der Waals surface area contributed by atoms with Crippen molar-refractivity contribution < 1.29 is 32.2 Å². The Balaban J connectivity index is 1.99. The van der Waals surface area contributed by atoms with E-state index in [0.29, 0.717) is 32.3 Å². The number of ether oxygens (including phenoxy) is 3. The van der Waals surface area contributed by atoms with Crippen LogP contribution in [0, 0.1) is 15.9 Å². The number of halogens is 5. The van der Waals surface area contributed by atoms with Crippen LogP contribution in [0.25, 0.3) is 6.08 Å². The maximum atomic E-state index is 14.3. The van der Waals surface area contributed by atoms with Gasteiger partial charge in [0.1, 0.15) is 6.61 Å². The number of fused-ring (bicyclic) bond motifs is 1. The van der Waals surface area contributed by atoms with Crippen molar-refractivity contribution in [1.82, 2.24) is 4.57 Å². The summed E-state index contributed by atoms with van der Waals surface area (Å²) < 4.78 is 60.9. The number of allylic oxidation sites excluding steroid dienone is 1. The lowest BCUT2D eigenvalue weighted by atomic mass is 9.95. The van der Waals surface area contributed by atoms with Gasteiger partial charge in [0, 0.05) is 5.02 Å². The SMILES string of the molecule is C#CCOc1c(I)cc(/C=c2\sc3n(c2=O)[C@H](c2ccc(Cl)cc2)C(C(=O)OCC)=C(C(F)(F)F)N=3)cc1OCC. The first kappa shape index (κ1) is 30.7. The third-order valence-electron chi connectivity index (χ3n) is 5.71. The summed E-state index contributed by atoms with van der Waals surface area (Å²) in [4.78, 5) is 30.2. The van der Waals surface area contributed by atoms with Crippen molar-refractivity contribution >= 4 is 57.6 Å². The van der Waals surface area contributed by atoms with E-state index in [2.05, 4.69) is 10.9 Å². The molecule has 1 aromatic heterocycles. The lowest BCUT2D eigenvalue weighted by molar-refractivity contribution is -0.140. The van der Waals surface area contributed by atoms with E-state index in [0.717, 1.165) is 15.9 Å². The van der Waals surface area contributed by atoms with E-state index >= 15 is 0 Å². The molecule has 0 spiro atoms. The van der Waals surface area contributed by atoms with Crippen LogP contribution in [0.4, 0.5) is 13.2 Å². The van der Waals surface area contributed by atoms with Crippen molar-refractivity contribution in [2.24, 2.45) is 4.99 Å². The van der Waals surface area contributed by atoms with Crippen LogP contribution in [0.15, 0.2) is 57.5 Å². The van der Waals surface area contributed by atoms with Crippen molar-refractivity contribution in [2.45, 2.75) is 26.1 Å². The summed E-state index contributed by atoms with van der Waals surface area (Å²) in [5, 5.41) is 0.327. The lowest BCUT2D eigenvalue weighted by Gasteiger charge is -2.26. The number of hydrogen-bond donors (Lipinski definition) is 0. The van der Waals surface area contributed by atoms with E-state index in [9.17, 15) is 22.8 Å². The Labute approximate surface area is 255 Å². The van der Waals surface area contributed by atoms with Crippen molar-refractivity contribution in [3.63, 3.8) is 0 Å². The Morgan fingerprint density at radius 2 is 1.93 bits per heavy atom. The van der Waals surface area contributed by atoms with Crippen molar-refractivity contribution in [3.8, 4) is 23.8 Å². The first-order valence-electron chi connectivity index (χ1n) is 12.1. The standard InChI is InChI=1S/C28H21ClF3IN2O5S/c1-4-11-40-23-18(33)12-15(13-19(23)38-5-2)14-20-25(36)35-22(16-7-9-17(29)10-8-16)21(26(37)39-6-3)24(28(30,31)32)34-27(35)41-20/h1,7-10,12-14,22H,5-6,11H2,2-3H3/b20-14-/t22-/m1/s1. The molecule has 13 heteroatoms. The van der Waals surface area contributed by atoms with Crippen LogP contribution in [0.5, 0.6) is 11.5 Å². The Bertz CT molecular complexity index is 1740. The molecule has 41 heavy (non-hydrogen) atoms. The average Bonchev–Trinajstić information content (AvgIpc) is 3.22. The van der Waals surface area contributed by atoms with Crippen LogP contribution in [0.2, 0.25) is 5.02 Å². The van der Waals surface area contributed by atoms with Gasteiger partial charge in [0.05, 0.1) is 32.9 Å². The molecule has 0 saturated heterocycles. The molecule has 0 amide bonds. The minimum Gasteiger partial charge on any atom is -0.490 e. The van der Waals surface area contributed by atoms with Crippen LogP contribution >= 0.6 is 45.5 Å². The smallest absolute Gasteiger partial charge is 0.434 e. The summed E-state index contributed by atoms with van der Waals surface area (Å²) in [6, 6.07) is 7.73. The highest BCUT2D eigenvalue weighted by atomic mass is 127. The molecular weight excluding hydrogens is 696 g/mol. The molecule has 1 aliphatic heterocycles. The van der Waals surface area contributed by atoms with Gasteiger partial charge in [0.15, 0.2) is 22.0 Å². The Morgan fingerprint density at radius 3 is 2.54 bits per heavy atom. The van der Waals surface area contributed by atoms with Gasteiger partial charge < -0.3 is 14.2 Å². The number of esters is 1. The molecule has 3 aromatic rings. The predicted octanol–water partition coefficient (Wildman–Crippen LogP) is 5.01. The van der Waals surface area contributed by atoms with E-state index in [1.165, 1.54) is 37.3 Å². The molecule has 7 nitrogen and oxygen atoms in total. The third-order valence-corrected chi connectivity index (χ3v) is 7.75. The Hall–Kier alpha value is -3.28. The first-order valence-corrected chi connectivity index (χ1v) is 14.4. The van der Waals surface area contributed by atoms with E-state index in [1.54, 1.807) is 19.1 Å². The summed E-state index contributed by atoms with van der Waals surface area (Å²) in [7, 11) is 0. The third kappa shape index (κ3) is 6.47. The summed E-state index contributed by atoms with van der Waals surface area (Å²) in [5.74, 6) is 1.98. The van der Waals surface area contributed by atoms with Gasteiger partial charge in [-0.25, -0.2) is 9.79 Å². The van der Waals surface area contributed by atoms with Gasteiger partial charge >= 0.3 is 12.1 Å².